The third kappa shape index (κ3) is 4.26. The lowest BCUT2D eigenvalue weighted by Crippen LogP contribution is -2.46. The van der Waals surface area contributed by atoms with E-state index in [1.807, 2.05) is 30.3 Å². The molecule has 1 aliphatic rings. The average molecular weight is 400 g/mol. The third-order valence-corrected chi connectivity index (χ3v) is 5.47. The summed E-state index contributed by atoms with van der Waals surface area (Å²) in [6.07, 6.45) is 1.63. The molecule has 0 bridgehead atoms. The van der Waals surface area contributed by atoms with Gasteiger partial charge in [-0.1, -0.05) is 42.5 Å². The molecule has 0 aliphatic carbocycles. The van der Waals surface area contributed by atoms with E-state index in [1.165, 1.54) is 5.56 Å². The molecule has 0 amide bonds. The van der Waals surface area contributed by atoms with Crippen LogP contribution in [-0.2, 0) is 13.1 Å². The molecule has 0 unspecified atom stereocenters. The number of hydrogen-bond acceptors (Lipinski definition) is 6. The lowest BCUT2D eigenvalue weighted by atomic mass is 10.2. The second kappa shape index (κ2) is 8.51. The van der Waals surface area contributed by atoms with E-state index in [0.29, 0.717) is 6.54 Å². The number of imidazole rings is 1. The van der Waals surface area contributed by atoms with Crippen molar-refractivity contribution in [3.8, 4) is 0 Å². The predicted octanol–water partition coefficient (Wildman–Crippen LogP) is 3.29. The van der Waals surface area contributed by atoms with Gasteiger partial charge >= 0.3 is 0 Å². The van der Waals surface area contributed by atoms with Gasteiger partial charge in [0.2, 0.25) is 0 Å². The number of benzene rings is 2. The Balaban J connectivity index is 1.18. The van der Waals surface area contributed by atoms with Crippen LogP contribution in [0.25, 0.3) is 11.0 Å². The Labute approximate surface area is 175 Å². The second-order valence-corrected chi connectivity index (χ2v) is 7.56. The topological polar surface area (TPSA) is 73.0 Å². The number of nitrogens with one attached hydrogen (secondary N) is 2. The van der Waals surface area contributed by atoms with Gasteiger partial charge in [0.15, 0.2) is 0 Å². The van der Waals surface area contributed by atoms with Crippen molar-refractivity contribution < 1.29 is 0 Å². The molecule has 2 aromatic heterocycles. The van der Waals surface area contributed by atoms with Crippen LogP contribution < -0.4 is 10.2 Å². The lowest BCUT2D eigenvalue weighted by Gasteiger charge is -2.35. The Morgan fingerprint density at radius 1 is 0.900 bits per heavy atom. The van der Waals surface area contributed by atoms with Crippen molar-refractivity contribution >= 4 is 22.7 Å². The van der Waals surface area contributed by atoms with Crippen molar-refractivity contribution in [3.63, 3.8) is 0 Å². The zero-order valence-electron chi connectivity index (χ0n) is 16.8. The van der Waals surface area contributed by atoms with Gasteiger partial charge in [-0.3, -0.25) is 4.90 Å². The molecule has 1 saturated heterocycles. The highest BCUT2D eigenvalue weighted by Gasteiger charge is 2.18. The van der Waals surface area contributed by atoms with E-state index < -0.39 is 0 Å². The molecule has 0 radical (unpaired) electrons. The second-order valence-electron chi connectivity index (χ2n) is 7.56. The third-order valence-electron chi connectivity index (χ3n) is 5.47. The maximum absolute atomic E-state index is 4.61. The summed E-state index contributed by atoms with van der Waals surface area (Å²) in [6, 6.07) is 20.7. The Hall–Kier alpha value is -3.45. The van der Waals surface area contributed by atoms with Crippen LogP contribution in [0, 0.1) is 0 Å². The van der Waals surface area contributed by atoms with Crippen LogP contribution in [0.2, 0.25) is 0 Å². The van der Waals surface area contributed by atoms with Crippen LogP contribution in [0.4, 0.5) is 11.6 Å². The Kier molecular flexibility index (Phi) is 5.26. The molecule has 1 aliphatic heterocycles. The molecule has 3 heterocycles. The van der Waals surface area contributed by atoms with E-state index in [4.69, 9.17) is 0 Å². The summed E-state index contributed by atoms with van der Waals surface area (Å²) in [7, 11) is 0. The summed E-state index contributed by atoms with van der Waals surface area (Å²) < 4.78 is 0. The summed E-state index contributed by atoms with van der Waals surface area (Å²) in [5.74, 6) is 2.68. The van der Waals surface area contributed by atoms with Gasteiger partial charge in [-0.15, -0.1) is 0 Å². The molecule has 0 spiro atoms. The van der Waals surface area contributed by atoms with Gasteiger partial charge in [0.05, 0.1) is 17.6 Å². The highest BCUT2D eigenvalue weighted by molar-refractivity contribution is 5.74. The summed E-state index contributed by atoms with van der Waals surface area (Å²) in [5, 5.41) is 3.36. The molecule has 0 saturated carbocycles. The highest BCUT2D eigenvalue weighted by Crippen LogP contribution is 2.18. The quantitative estimate of drug-likeness (QED) is 0.518. The van der Waals surface area contributed by atoms with Crippen LogP contribution in [0.5, 0.6) is 0 Å². The summed E-state index contributed by atoms with van der Waals surface area (Å²) in [6.45, 7) is 5.58. The maximum Gasteiger partial charge on any atom is 0.134 e. The average Bonchev–Trinajstić information content (AvgIpc) is 3.22. The number of hydrogen-bond donors (Lipinski definition) is 2. The molecule has 0 atom stereocenters. The fourth-order valence-corrected chi connectivity index (χ4v) is 3.86. The van der Waals surface area contributed by atoms with Gasteiger partial charge in [-0.05, 0) is 17.7 Å². The predicted molar refractivity (Wildman–Crippen MR) is 119 cm³/mol. The van der Waals surface area contributed by atoms with E-state index in [1.54, 1.807) is 6.33 Å². The monoisotopic (exact) mass is 399 g/mol. The number of aromatic nitrogens is 4. The van der Waals surface area contributed by atoms with Gasteiger partial charge in [0.25, 0.3) is 0 Å². The van der Waals surface area contributed by atoms with Crippen LogP contribution >= 0.6 is 0 Å². The van der Waals surface area contributed by atoms with Crippen LogP contribution in [0.3, 0.4) is 0 Å². The number of aromatic amines is 1. The Bertz CT molecular complexity index is 1070. The molecule has 5 rings (SSSR count). The first-order chi connectivity index (χ1) is 14.8. The highest BCUT2D eigenvalue weighted by atomic mass is 15.3. The van der Waals surface area contributed by atoms with E-state index in [2.05, 4.69) is 65.4 Å². The number of nitrogens with zero attached hydrogens (tertiary/aromatic N) is 5. The van der Waals surface area contributed by atoms with Crippen molar-refractivity contribution in [1.82, 2.24) is 24.8 Å². The zero-order valence-corrected chi connectivity index (χ0v) is 16.8. The van der Waals surface area contributed by atoms with Crippen LogP contribution in [-0.4, -0.2) is 51.0 Å². The summed E-state index contributed by atoms with van der Waals surface area (Å²) >= 11 is 0. The molecule has 2 N–H and O–H groups in total. The largest absolute Gasteiger partial charge is 0.363 e. The molecular weight excluding hydrogens is 374 g/mol. The van der Waals surface area contributed by atoms with Crippen molar-refractivity contribution in [1.29, 1.82) is 0 Å². The number of para-hydroxylation sites is 2. The minimum atomic E-state index is 0.593. The Morgan fingerprint density at radius 2 is 1.70 bits per heavy atom. The smallest absolute Gasteiger partial charge is 0.134 e. The first kappa shape index (κ1) is 18.6. The molecule has 30 heavy (non-hydrogen) atoms. The van der Waals surface area contributed by atoms with Gasteiger partial charge in [0.1, 0.15) is 23.8 Å². The molecule has 152 valence electrons. The fraction of sp³-hybridized carbons (Fsp3) is 0.261. The minimum absolute atomic E-state index is 0.593. The first-order valence-corrected chi connectivity index (χ1v) is 10.3. The summed E-state index contributed by atoms with van der Waals surface area (Å²) in [4.78, 5) is 21.6. The molecule has 4 aromatic rings. The standard InChI is InChI=1S/C23H25N7/c1-2-6-18(7-3-1)16-29-10-12-30(13-11-29)23-14-21(25-17-26-23)24-15-22-27-19-8-4-5-9-20(19)28-22/h1-9,14,17H,10-13,15-16H2,(H,27,28)(H,24,25,26). The van der Waals surface area contributed by atoms with E-state index in [0.717, 1.165) is 61.2 Å². The zero-order chi connectivity index (χ0) is 20.2. The number of fused-ring (bicyclic) bond motifs is 1. The van der Waals surface area contributed by atoms with E-state index in [9.17, 15) is 0 Å². The normalized spacial score (nSPS) is 14.9. The molecule has 2 aromatic carbocycles. The van der Waals surface area contributed by atoms with Gasteiger partial charge in [-0.2, -0.15) is 0 Å². The van der Waals surface area contributed by atoms with E-state index >= 15 is 0 Å². The van der Waals surface area contributed by atoms with Crippen LogP contribution in [0.1, 0.15) is 11.4 Å². The first-order valence-electron chi connectivity index (χ1n) is 10.3. The Morgan fingerprint density at radius 3 is 2.53 bits per heavy atom. The van der Waals surface area contributed by atoms with Crippen molar-refractivity contribution in [2.24, 2.45) is 0 Å². The van der Waals surface area contributed by atoms with Crippen molar-refractivity contribution in [2.75, 3.05) is 36.4 Å². The lowest BCUT2D eigenvalue weighted by molar-refractivity contribution is 0.249. The SMILES string of the molecule is c1ccc(CN2CCN(c3cc(NCc4nc5ccccc5[nH]4)ncn3)CC2)cc1. The number of anilines is 2. The molecule has 7 nitrogen and oxygen atoms in total. The fourth-order valence-electron chi connectivity index (χ4n) is 3.86. The number of rotatable bonds is 6. The van der Waals surface area contributed by atoms with Crippen molar-refractivity contribution in [3.05, 3.63) is 78.4 Å². The van der Waals surface area contributed by atoms with Gasteiger partial charge < -0.3 is 15.2 Å². The molecule has 1 fully saturated rings. The number of piperazine rings is 1. The van der Waals surface area contributed by atoms with Gasteiger partial charge in [-0.25, -0.2) is 15.0 Å². The molecule has 7 heteroatoms. The maximum atomic E-state index is 4.61. The van der Waals surface area contributed by atoms with Crippen LogP contribution in [0.15, 0.2) is 67.0 Å². The number of H-pyrrole nitrogens is 1. The minimum Gasteiger partial charge on any atom is -0.363 e. The van der Waals surface area contributed by atoms with Crippen molar-refractivity contribution in [2.45, 2.75) is 13.1 Å². The summed E-state index contributed by atoms with van der Waals surface area (Å²) in [5.41, 5.74) is 3.39. The molecular formula is C23H25N7. The van der Waals surface area contributed by atoms with Gasteiger partial charge in [0, 0.05) is 38.8 Å². The van der Waals surface area contributed by atoms with E-state index in [-0.39, 0.29) is 0 Å².